The zero-order valence-electron chi connectivity index (χ0n) is 26.1. The normalized spacial score (nSPS) is 12.4. The fourth-order valence-electron chi connectivity index (χ4n) is 4.83. The van der Waals surface area contributed by atoms with Crippen molar-refractivity contribution in [2.75, 3.05) is 46.2 Å². The van der Waals surface area contributed by atoms with Crippen molar-refractivity contribution in [2.45, 2.75) is 59.7 Å². The molecule has 0 aliphatic heterocycles. The van der Waals surface area contributed by atoms with Gasteiger partial charge in [-0.2, -0.15) is 5.10 Å². The first-order valence-corrected chi connectivity index (χ1v) is 17.3. The van der Waals surface area contributed by atoms with Gasteiger partial charge in [-0.3, -0.25) is 5.10 Å². The molecule has 1 unspecified atom stereocenters. The molecular formula is C32H43N7O3S2. The standard InChI is InChI=1S/C32H43N7O3S2/c1-6-10-25(17-18-33-19-20-39(3)4)29-30(42-5)31(34-28-21-23(2)37-38-28)36-32(35-29)43-26-13-15-27(16-14-26)44(40,41)22-24-11-8-7-9-12-24/h7-9,11-16,21,25,33H,6,10,17-20,22H2,1-5H3,(H2,34,35,36,37,38). The highest BCUT2D eigenvalue weighted by Crippen LogP contribution is 2.39. The maximum Gasteiger partial charge on any atom is 0.194 e. The van der Waals surface area contributed by atoms with E-state index in [0.29, 0.717) is 22.5 Å². The predicted molar refractivity (Wildman–Crippen MR) is 177 cm³/mol. The number of nitrogens with one attached hydrogen (secondary N) is 3. The molecule has 0 fully saturated rings. The minimum Gasteiger partial charge on any atom is -0.491 e. The van der Waals surface area contributed by atoms with Crippen molar-refractivity contribution < 1.29 is 13.2 Å². The third-order valence-electron chi connectivity index (χ3n) is 7.05. The molecule has 4 aromatic rings. The molecule has 12 heteroatoms. The van der Waals surface area contributed by atoms with Gasteiger partial charge in [-0.05, 0) is 82.0 Å². The number of H-pyrrole nitrogens is 1. The third-order valence-corrected chi connectivity index (χ3v) is 9.63. The second-order valence-corrected chi connectivity index (χ2v) is 14.0. The van der Waals surface area contributed by atoms with E-state index in [1.54, 1.807) is 31.4 Å². The van der Waals surface area contributed by atoms with E-state index < -0.39 is 9.84 Å². The number of likely N-dealkylation sites (N-methyl/N-ethyl adjacent to an activating group) is 1. The van der Waals surface area contributed by atoms with Gasteiger partial charge in [-0.1, -0.05) is 43.7 Å². The average molecular weight is 638 g/mol. The molecule has 0 aliphatic carbocycles. The van der Waals surface area contributed by atoms with Crippen LogP contribution in [0.5, 0.6) is 5.75 Å². The second-order valence-electron chi connectivity index (χ2n) is 11.0. The summed E-state index contributed by atoms with van der Waals surface area (Å²) in [4.78, 5) is 13.1. The van der Waals surface area contributed by atoms with E-state index in [4.69, 9.17) is 14.7 Å². The Kier molecular flexibility index (Phi) is 12.2. The van der Waals surface area contributed by atoms with E-state index in [-0.39, 0.29) is 16.6 Å². The quantitative estimate of drug-likeness (QED) is 0.0965. The Morgan fingerprint density at radius 1 is 1.02 bits per heavy atom. The van der Waals surface area contributed by atoms with Gasteiger partial charge in [0.05, 0.1) is 23.5 Å². The Hall–Kier alpha value is -3.45. The second kappa shape index (κ2) is 16.0. The Labute approximate surface area is 265 Å². The van der Waals surface area contributed by atoms with Gasteiger partial charge >= 0.3 is 0 Å². The van der Waals surface area contributed by atoms with Crippen LogP contribution in [-0.2, 0) is 15.6 Å². The summed E-state index contributed by atoms with van der Waals surface area (Å²) in [5.41, 5.74) is 2.52. The predicted octanol–water partition coefficient (Wildman–Crippen LogP) is 5.81. The van der Waals surface area contributed by atoms with Crippen molar-refractivity contribution in [1.82, 2.24) is 30.4 Å². The molecule has 0 spiro atoms. The summed E-state index contributed by atoms with van der Waals surface area (Å²) in [5.74, 6) is 1.87. The van der Waals surface area contributed by atoms with Crippen LogP contribution in [0.2, 0.25) is 0 Å². The molecule has 0 radical (unpaired) electrons. The first-order chi connectivity index (χ1) is 21.2. The monoisotopic (exact) mass is 637 g/mol. The smallest absolute Gasteiger partial charge is 0.194 e. The Bertz CT molecular complexity index is 1580. The highest BCUT2D eigenvalue weighted by Gasteiger charge is 2.24. The number of benzene rings is 2. The highest BCUT2D eigenvalue weighted by molar-refractivity contribution is 7.99. The molecule has 236 valence electrons. The third kappa shape index (κ3) is 9.52. The summed E-state index contributed by atoms with van der Waals surface area (Å²) in [6.07, 6.45) is 2.84. The van der Waals surface area contributed by atoms with Crippen LogP contribution < -0.4 is 15.4 Å². The Morgan fingerprint density at radius 2 is 1.77 bits per heavy atom. The Balaban J connectivity index is 1.61. The SMILES string of the molecule is CCCC(CCNCCN(C)C)c1nc(Sc2ccc(S(=O)(=O)Cc3ccccc3)cc2)nc(Nc2cc(C)[nH]n2)c1OC. The molecule has 0 amide bonds. The summed E-state index contributed by atoms with van der Waals surface area (Å²) < 4.78 is 32.0. The number of aromatic nitrogens is 4. The molecule has 3 N–H and O–H groups in total. The van der Waals surface area contributed by atoms with Crippen molar-refractivity contribution in [3.8, 4) is 5.75 Å². The van der Waals surface area contributed by atoms with Gasteiger partial charge in [0, 0.05) is 35.7 Å². The fraction of sp³-hybridized carbons (Fsp3) is 0.406. The van der Waals surface area contributed by atoms with E-state index >= 15 is 0 Å². The number of methoxy groups -OCH3 is 1. The molecule has 10 nitrogen and oxygen atoms in total. The number of sulfone groups is 1. The van der Waals surface area contributed by atoms with E-state index in [1.165, 1.54) is 11.8 Å². The number of nitrogens with zero attached hydrogens (tertiary/aromatic N) is 4. The lowest BCUT2D eigenvalue weighted by Crippen LogP contribution is -2.28. The van der Waals surface area contributed by atoms with Crippen molar-refractivity contribution in [3.05, 3.63) is 77.6 Å². The van der Waals surface area contributed by atoms with E-state index in [1.807, 2.05) is 43.3 Å². The van der Waals surface area contributed by atoms with Crippen LogP contribution in [0.15, 0.2) is 75.6 Å². The zero-order valence-corrected chi connectivity index (χ0v) is 27.8. The van der Waals surface area contributed by atoms with Gasteiger partial charge in [0.15, 0.2) is 32.4 Å². The van der Waals surface area contributed by atoms with Crippen molar-refractivity contribution in [1.29, 1.82) is 0 Å². The topological polar surface area (TPSA) is 125 Å². The number of ether oxygens (including phenoxy) is 1. The minimum atomic E-state index is -3.48. The molecular weight excluding hydrogens is 595 g/mol. The molecule has 0 saturated carbocycles. The van der Waals surface area contributed by atoms with Crippen LogP contribution in [0.3, 0.4) is 0 Å². The number of aromatic amines is 1. The average Bonchev–Trinajstić information content (AvgIpc) is 3.41. The first kappa shape index (κ1) is 33.4. The number of hydrogen-bond donors (Lipinski definition) is 3. The summed E-state index contributed by atoms with van der Waals surface area (Å²) in [7, 11) is 2.30. The van der Waals surface area contributed by atoms with Crippen LogP contribution in [0, 0.1) is 6.92 Å². The first-order valence-electron chi connectivity index (χ1n) is 14.8. The molecule has 1 atom stereocenters. The van der Waals surface area contributed by atoms with Crippen LogP contribution in [0.1, 0.15) is 49.1 Å². The van der Waals surface area contributed by atoms with Gasteiger partial charge in [0.1, 0.15) is 0 Å². The number of anilines is 2. The van der Waals surface area contributed by atoms with E-state index in [0.717, 1.165) is 60.7 Å². The summed E-state index contributed by atoms with van der Waals surface area (Å²) in [6.45, 7) is 6.85. The number of aryl methyl sites for hydroxylation is 1. The van der Waals surface area contributed by atoms with Gasteiger partial charge < -0.3 is 20.3 Å². The molecule has 0 saturated heterocycles. The molecule has 2 heterocycles. The van der Waals surface area contributed by atoms with Crippen molar-refractivity contribution >= 4 is 33.2 Å². The molecule has 4 rings (SSSR count). The molecule has 2 aromatic carbocycles. The summed E-state index contributed by atoms with van der Waals surface area (Å²) in [5, 5.41) is 14.7. The van der Waals surface area contributed by atoms with Gasteiger partial charge in [0.2, 0.25) is 0 Å². The van der Waals surface area contributed by atoms with E-state index in [2.05, 4.69) is 46.7 Å². The van der Waals surface area contributed by atoms with Crippen LogP contribution >= 0.6 is 11.8 Å². The van der Waals surface area contributed by atoms with Crippen LogP contribution in [0.4, 0.5) is 11.6 Å². The summed E-state index contributed by atoms with van der Waals surface area (Å²) >= 11 is 1.38. The van der Waals surface area contributed by atoms with Crippen molar-refractivity contribution in [2.24, 2.45) is 0 Å². The van der Waals surface area contributed by atoms with E-state index in [9.17, 15) is 8.42 Å². The molecule has 2 aromatic heterocycles. The fourth-order valence-corrected chi connectivity index (χ4v) is 6.94. The lowest BCUT2D eigenvalue weighted by Gasteiger charge is -2.21. The molecule has 44 heavy (non-hydrogen) atoms. The zero-order chi connectivity index (χ0) is 31.5. The lowest BCUT2D eigenvalue weighted by molar-refractivity contribution is 0.385. The maximum atomic E-state index is 13.0. The Morgan fingerprint density at radius 3 is 2.41 bits per heavy atom. The van der Waals surface area contributed by atoms with Gasteiger partial charge in [-0.15, -0.1) is 0 Å². The number of hydrogen-bond acceptors (Lipinski definition) is 10. The molecule has 0 aliphatic rings. The summed E-state index contributed by atoms with van der Waals surface area (Å²) in [6, 6.07) is 18.0. The van der Waals surface area contributed by atoms with Crippen molar-refractivity contribution in [3.63, 3.8) is 0 Å². The van der Waals surface area contributed by atoms with Crippen LogP contribution in [0.25, 0.3) is 0 Å². The minimum absolute atomic E-state index is 0.0458. The van der Waals surface area contributed by atoms with Gasteiger partial charge in [0.25, 0.3) is 0 Å². The lowest BCUT2D eigenvalue weighted by atomic mass is 9.95. The maximum absolute atomic E-state index is 13.0. The number of rotatable bonds is 17. The van der Waals surface area contributed by atoms with Gasteiger partial charge in [-0.25, -0.2) is 18.4 Å². The van der Waals surface area contributed by atoms with Crippen LogP contribution in [-0.4, -0.2) is 74.3 Å². The largest absolute Gasteiger partial charge is 0.491 e. The highest BCUT2D eigenvalue weighted by atomic mass is 32.2. The molecule has 0 bridgehead atoms.